The van der Waals surface area contributed by atoms with Crippen molar-refractivity contribution in [1.29, 1.82) is 0 Å². The summed E-state index contributed by atoms with van der Waals surface area (Å²) in [7, 11) is 0. The summed E-state index contributed by atoms with van der Waals surface area (Å²) in [6.07, 6.45) is 2.28. The molecule has 25 heavy (non-hydrogen) atoms. The fraction of sp³-hybridized carbons (Fsp3) is 0.529. The van der Waals surface area contributed by atoms with Gasteiger partial charge in [-0.25, -0.2) is 4.79 Å². The van der Waals surface area contributed by atoms with Gasteiger partial charge in [0.05, 0.1) is 12.6 Å². The number of hydrogen-bond acceptors (Lipinski definition) is 4. The highest BCUT2D eigenvalue weighted by atomic mass is 79.9. The lowest BCUT2D eigenvalue weighted by Gasteiger charge is -2.19. The molecule has 0 aromatic heterocycles. The molecule has 1 aromatic rings. The van der Waals surface area contributed by atoms with Gasteiger partial charge in [-0.1, -0.05) is 22.0 Å². The average Bonchev–Trinajstić information content (AvgIpc) is 2.54. The van der Waals surface area contributed by atoms with Crippen molar-refractivity contribution in [3.8, 4) is 5.75 Å². The lowest BCUT2D eigenvalue weighted by Crippen LogP contribution is -2.30. The first-order valence-electron chi connectivity index (χ1n) is 8.29. The molecule has 7 nitrogen and oxygen atoms in total. The van der Waals surface area contributed by atoms with Gasteiger partial charge in [0.15, 0.2) is 0 Å². The monoisotopic (exact) mass is 415 g/mol. The molecule has 1 unspecified atom stereocenters. The van der Waals surface area contributed by atoms with Crippen LogP contribution >= 0.6 is 15.9 Å². The molecule has 8 heteroatoms. The minimum Gasteiger partial charge on any atom is -0.493 e. The van der Waals surface area contributed by atoms with Gasteiger partial charge in [-0.05, 0) is 31.9 Å². The fourth-order valence-electron chi connectivity index (χ4n) is 2.25. The summed E-state index contributed by atoms with van der Waals surface area (Å²) in [4.78, 5) is 22.6. The second-order valence-electron chi connectivity index (χ2n) is 5.65. The van der Waals surface area contributed by atoms with Crippen LogP contribution in [0, 0.1) is 0 Å². The van der Waals surface area contributed by atoms with Gasteiger partial charge in [-0.3, -0.25) is 4.79 Å². The van der Waals surface area contributed by atoms with E-state index in [0.717, 1.165) is 10.0 Å². The Morgan fingerprint density at radius 1 is 1.32 bits per heavy atom. The number of amides is 3. The Morgan fingerprint density at radius 3 is 2.76 bits per heavy atom. The average molecular weight is 416 g/mol. The minimum atomic E-state index is -0.554. The van der Waals surface area contributed by atoms with Crippen molar-refractivity contribution in [2.75, 3.05) is 19.8 Å². The van der Waals surface area contributed by atoms with Crippen LogP contribution in [0.25, 0.3) is 0 Å². The van der Waals surface area contributed by atoms with E-state index in [4.69, 9.17) is 15.6 Å². The minimum absolute atomic E-state index is 0.0594. The molecule has 0 heterocycles. The number of nitrogens with two attached hydrogens (primary N) is 1. The Labute approximate surface area is 156 Å². The highest BCUT2D eigenvalue weighted by Crippen LogP contribution is 2.29. The Kier molecular flexibility index (Phi) is 9.94. The number of rotatable bonds is 11. The van der Waals surface area contributed by atoms with Gasteiger partial charge in [0.2, 0.25) is 5.91 Å². The number of aliphatic hydroxyl groups is 1. The van der Waals surface area contributed by atoms with Gasteiger partial charge in [0.25, 0.3) is 0 Å². The molecule has 1 rings (SSSR count). The van der Waals surface area contributed by atoms with Crippen molar-refractivity contribution in [2.45, 2.75) is 38.6 Å². The van der Waals surface area contributed by atoms with E-state index in [-0.39, 0.29) is 18.6 Å². The number of carbonyl (C=O) groups is 2. The Bertz CT molecular complexity index is 569. The zero-order valence-corrected chi connectivity index (χ0v) is 16.0. The highest BCUT2D eigenvalue weighted by Gasteiger charge is 2.14. The van der Waals surface area contributed by atoms with Crippen molar-refractivity contribution in [3.05, 3.63) is 28.2 Å². The van der Waals surface area contributed by atoms with Gasteiger partial charge in [0.1, 0.15) is 5.75 Å². The standard InChI is InChI=1S/C17H26BrN3O4/c1-12(21-16(23)5-2-3-8-20-17(19)24)14-7-6-13(18)11-15(14)25-10-4-9-22/h6-7,11-12,22H,2-5,8-10H2,1H3,(H,21,23)(H3,19,20,24). The van der Waals surface area contributed by atoms with Gasteiger partial charge >= 0.3 is 6.03 Å². The highest BCUT2D eigenvalue weighted by molar-refractivity contribution is 9.10. The van der Waals surface area contributed by atoms with Crippen molar-refractivity contribution in [3.63, 3.8) is 0 Å². The van der Waals surface area contributed by atoms with Gasteiger partial charge in [-0.15, -0.1) is 0 Å². The molecule has 140 valence electrons. The van der Waals surface area contributed by atoms with Crippen LogP contribution in [0.1, 0.15) is 44.2 Å². The first-order chi connectivity index (χ1) is 11.9. The lowest BCUT2D eigenvalue weighted by atomic mass is 10.1. The Morgan fingerprint density at radius 2 is 2.08 bits per heavy atom. The molecule has 0 aliphatic carbocycles. The third-order valence-corrected chi connectivity index (χ3v) is 4.00. The predicted octanol–water partition coefficient (Wildman–Crippen LogP) is 2.23. The van der Waals surface area contributed by atoms with E-state index in [1.165, 1.54) is 0 Å². The first-order valence-corrected chi connectivity index (χ1v) is 9.09. The molecule has 0 saturated heterocycles. The molecule has 5 N–H and O–H groups in total. The predicted molar refractivity (Wildman–Crippen MR) is 99.3 cm³/mol. The normalized spacial score (nSPS) is 11.6. The summed E-state index contributed by atoms with van der Waals surface area (Å²) >= 11 is 3.41. The number of urea groups is 1. The van der Waals surface area contributed by atoms with E-state index in [0.29, 0.717) is 44.6 Å². The van der Waals surface area contributed by atoms with Crippen molar-refractivity contribution in [1.82, 2.24) is 10.6 Å². The van der Waals surface area contributed by atoms with E-state index in [9.17, 15) is 9.59 Å². The van der Waals surface area contributed by atoms with Crippen LogP contribution in [0.5, 0.6) is 5.75 Å². The van der Waals surface area contributed by atoms with Crippen LogP contribution in [0.15, 0.2) is 22.7 Å². The van der Waals surface area contributed by atoms with Crippen LogP contribution in [0.4, 0.5) is 4.79 Å². The second-order valence-corrected chi connectivity index (χ2v) is 6.56. The fourth-order valence-corrected chi connectivity index (χ4v) is 2.59. The third-order valence-electron chi connectivity index (χ3n) is 3.51. The molecular weight excluding hydrogens is 390 g/mol. The van der Waals surface area contributed by atoms with E-state index in [1.807, 2.05) is 25.1 Å². The smallest absolute Gasteiger partial charge is 0.312 e. The van der Waals surface area contributed by atoms with Gasteiger partial charge < -0.3 is 26.2 Å². The maximum absolute atomic E-state index is 12.1. The number of hydrogen-bond donors (Lipinski definition) is 4. The molecule has 0 fully saturated rings. The third kappa shape index (κ3) is 8.74. The van der Waals surface area contributed by atoms with E-state index in [1.54, 1.807) is 0 Å². The SMILES string of the molecule is CC(NC(=O)CCCCNC(N)=O)c1ccc(Br)cc1OCCCO. The zero-order chi connectivity index (χ0) is 18.7. The van der Waals surface area contributed by atoms with E-state index < -0.39 is 6.03 Å². The summed E-state index contributed by atoms with van der Waals surface area (Å²) in [5.74, 6) is 0.622. The summed E-state index contributed by atoms with van der Waals surface area (Å²) in [5.41, 5.74) is 5.85. The van der Waals surface area contributed by atoms with Crippen LogP contribution in [0.2, 0.25) is 0 Å². The maximum atomic E-state index is 12.1. The molecule has 0 aliphatic heterocycles. The number of ether oxygens (including phenoxy) is 1. The number of carbonyl (C=O) groups excluding carboxylic acids is 2. The largest absolute Gasteiger partial charge is 0.493 e. The molecule has 1 atom stereocenters. The summed E-state index contributed by atoms with van der Waals surface area (Å²) in [6.45, 7) is 2.84. The summed E-state index contributed by atoms with van der Waals surface area (Å²) in [6, 6.07) is 4.90. The molecule has 0 bridgehead atoms. The topological polar surface area (TPSA) is 114 Å². The Hall–Kier alpha value is -1.80. The van der Waals surface area contributed by atoms with Crippen LogP contribution in [0.3, 0.4) is 0 Å². The van der Waals surface area contributed by atoms with Crippen LogP contribution in [-0.4, -0.2) is 36.8 Å². The summed E-state index contributed by atoms with van der Waals surface area (Å²) < 4.78 is 6.59. The quantitative estimate of drug-likeness (QED) is 0.414. The maximum Gasteiger partial charge on any atom is 0.312 e. The number of unbranched alkanes of at least 4 members (excludes halogenated alkanes) is 1. The van der Waals surface area contributed by atoms with Crippen LogP contribution in [-0.2, 0) is 4.79 Å². The summed E-state index contributed by atoms with van der Waals surface area (Å²) in [5, 5.41) is 14.3. The number of primary amides is 1. The molecule has 0 radical (unpaired) electrons. The number of benzene rings is 1. The van der Waals surface area contributed by atoms with Crippen LogP contribution < -0.4 is 21.1 Å². The Balaban J connectivity index is 2.51. The van der Waals surface area contributed by atoms with Gasteiger partial charge in [0, 0.05) is 36.0 Å². The van der Waals surface area contributed by atoms with Crippen molar-refractivity contribution < 1.29 is 19.4 Å². The number of nitrogens with one attached hydrogen (secondary N) is 2. The van der Waals surface area contributed by atoms with Crippen molar-refractivity contribution in [2.24, 2.45) is 5.73 Å². The molecule has 0 aliphatic rings. The van der Waals surface area contributed by atoms with E-state index >= 15 is 0 Å². The van der Waals surface area contributed by atoms with Crippen molar-refractivity contribution >= 4 is 27.9 Å². The second kappa shape index (κ2) is 11.7. The van der Waals surface area contributed by atoms with E-state index in [2.05, 4.69) is 26.6 Å². The number of halogens is 1. The van der Waals surface area contributed by atoms with Gasteiger partial charge in [-0.2, -0.15) is 0 Å². The zero-order valence-electron chi connectivity index (χ0n) is 14.4. The molecule has 1 aromatic carbocycles. The molecule has 3 amide bonds. The molecule has 0 spiro atoms. The lowest BCUT2D eigenvalue weighted by molar-refractivity contribution is -0.121. The first kappa shape index (κ1) is 21.2. The number of aliphatic hydroxyl groups excluding tert-OH is 1. The molecule has 0 saturated carbocycles. The molecular formula is C17H26BrN3O4.